The molecule has 0 atom stereocenters. The Hall–Kier alpha value is -3.11. The monoisotopic (exact) mass is 492 g/mol. The summed E-state index contributed by atoms with van der Waals surface area (Å²) in [5.41, 5.74) is 3.01. The normalized spacial score (nSPS) is 13.9. The molecule has 0 bridgehead atoms. The number of hydrogen-bond donors (Lipinski definition) is 2. The number of benzene rings is 2. The molecule has 2 N–H and O–H groups in total. The first-order valence-corrected chi connectivity index (χ1v) is 12.2. The highest BCUT2D eigenvalue weighted by Crippen LogP contribution is 2.24. The number of ether oxygens (including phenoxy) is 1. The van der Waals surface area contributed by atoms with Gasteiger partial charge in [-0.05, 0) is 60.6 Å². The maximum Gasteiger partial charge on any atom is 0.259 e. The molecule has 1 aromatic heterocycles. The summed E-state index contributed by atoms with van der Waals surface area (Å²) in [6.07, 6.45) is 4.60. The van der Waals surface area contributed by atoms with Gasteiger partial charge < -0.3 is 19.7 Å². The van der Waals surface area contributed by atoms with Crippen LogP contribution in [0, 0.1) is 17.8 Å². The number of nitrogens with zero attached hydrogens (tertiary/aromatic N) is 1. The largest absolute Gasteiger partial charge is 0.395 e. The van der Waals surface area contributed by atoms with E-state index in [-0.39, 0.29) is 23.5 Å². The molecule has 2 aromatic carbocycles. The van der Waals surface area contributed by atoms with E-state index >= 15 is 0 Å². The number of H-pyrrole nitrogens is 1. The summed E-state index contributed by atoms with van der Waals surface area (Å²) < 4.78 is 5.48. The van der Waals surface area contributed by atoms with Gasteiger partial charge in [-0.1, -0.05) is 35.6 Å². The van der Waals surface area contributed by atoms with E-state index in [4.69, 9.17) is 21.4 Å². The molecular weight excluding hydrogens is 464 g/mol. The molecule has 7 heteroatoms. The van der Waals surface area contributed by atoms with E-state index in [1.165, 1.54) is 11.1 Å². The summed E-state index contributed by atoms with van der Waals surface area (Å²) in [7, 11) is 1.67. The zero-order chi connectivity index (χ0) is 24.8. The van der Waals surface area contributed by atoms with Crippen molar-refractivity contribution in [1.82, 2.24) is 9.88 Å². The average molecular weight is 493 g/mol. The second-order valence-electron chi connectivity index (χ2n) is 8.92. The third kappa shape index (κ3) is 6.12. The van der Waals surface area contributed by atoms with Crippen molar-refractivity contribution in [3.63, 3.8) is 0 Å². The fourth-order valence-electron chi connectivity index (χ4n) is 4.41. The van der Waals surface area contributed by atoms with Gasteiger partial charge in [0.2, 0.25) is 5.43 Å². The summed E-state index contributed by atoms with van der Waals surface area (Å²) >= 11 is 5.96. The van der Waals surface area contributed by atoms with Gasteiger partial charge in [0.25, 0.3) is 5.91 Å². The van der Waals surface area contributed by atoms with Gasteiger partial charge in [0.1, 0.15) is 5.56 Å². The first kappa shape index (κ1) is 25.0. The molecule has 6 nitrogen and oxygen atoms in total. The number of aliphatic hydroxyl groups is 1. The first-order chi connectivity index (χ1) is 17.0. The van der Waals surface area contributed by atoms with Crippen molar-refractivity contribution in [1.29, 1.82) is 0 Å². The van der Waals surface area contributed by atoms with E-state index in [1.807, 2.05) is 24.3 Å². The van der Waals surface area contributed by atoms with Gasteiger partial charge in [-0.3, -0.25) is 9.59 Å². The predicted molar refractivity (Wildman–Crippen MR) is 138 cm³/mol. The first-order valence-electron chi connectivity index (χ1n) is 11.8. The van der Waals surface area contributed by atoms with Crippen LogP contribution in [0.3, 0.4) is 0 Å². The SMILES string of the molecule is CN(Cc1ccc(Cl)cc1)C(=O)c1c[nH]c2c(C#CCCO)cc(CC3CCOCC3)cc2c1=O. The lowest BCUT2D eigenvalue weighted by molar-refractivity contribution is 0.0665. The van der Waals surface area contributed by atoms with Gasteiger partial charge in [-0.15, -0.1) is 0 Å². The standard InChI is InChI=1S/C28H29ClN2O4/c1-31(18-20-5-7-23(29)8-6-20)28(34)25-17-30-26-22(4-2-3-11-32)15-21(16-24(26)27(25)33)14-19-9-12-35-13-10-19/h5-8,15-17,19,32H,3,9-14,18H2,1H3,(H,30,33). The van der Waals surface area contributed by atoms with Crippen LogP contribution in [0.15, 0.2) is 47.4 Å². The number of pyridine rings is 1. The molecule has 0 aliphatic carbocycles. The molecule has 3 aromatic rings. The van der Waals surface area contributed by atoms with E-state index in [0.717, 1.165) is 43.6 Å². The van der Waals surface area contributed by atoms with Crippen molar-refractivity contribution < 1.29 is 14.6 Å². The van der Waals surface area contributed by atoms with Crippen LogP contribution in [0.5, 0.6) is 0 Å². The van der Waals surface area contributed by atoms with Gasteiger partial charge in [0.05, 0.1) is 12.1 Å². The summed E-state index contributed by atoms with van der Waals surface area (Å²) in [6, 6.07) is 11.2. The van der Waals surface area contributed by atoms with Crippen LogP contribution < -0.4 is 5.43 Å². The van der Waals surface area contributed by atoms with Crippen molar-refractivity contribution in [3.8, 4) is 11.8 Å². The van der Waals surface area contributed by atoms with Gasteiger partial charge in [0, 0.05) is 55.4 Å². The third-order valence-electron chi connectivity index (χ3n) is 6.28. The second kappa shape index (κ2) is 11.5. The maximum absolute atomic E-state index is 13.5. The van der Waals surface area contributed by atoms with Crippen LogP contribution in [-0.4, -0.2) is 47.8 Å². The van der Waals surface area contributed by atoms with Gasteiger partial charge in [0.15, 0.2) is 0 Å². The molecule has 0 spiro atoms. The summed E-state index contributed by atoms with van der Waals surface area (Å²) in [4.78, 5) is 31.4. The minimum atomic E-state index is -0.356. The Bertz CT molecular complexity index is 1320. The zero-order valence-corrected chi connectivity index (χ0v) is 20.5. The van der Waals surface area contributed by atoms with Crippen molar-refractivity contribution in [2.45, 2.75) is 32.2 Å². The highest BCUT2D eigenvalue weighted by molar-refractivity contribution is 6.30. The quantitative estimate of drug-likeness (QED) is 0.506. The molecule has 1 amide bonds. The average Bonchev–Trinajstić information content (AvgIpc) is 2.86. The minimum Gasteiger partial charge on any atom is -0.395 e. The van der Waals surface area contributed by atoms with Crippen LogP contribution in [0.4, 0.5) is 0 Å². The lowest BCUT2D eigenvalue weighted by Gasteiger charge is -2.22. The smallest absolute Gasteiger partial charge is 0.259 e. The molecule has 4 rings (SSSR count). The number of hydrogen-bond acceptors (Lipinski definition) is 4. The van der Waals surface area contributed by atoms with Crippen molar-refractivity contribution >= 4 is 28.4 Å². The number of aliphatic hydroxyl groups excluding tert-OH is 1. The highest BCUT2D eigenvalue weighted by Gasteiger charge is 2.20. The minimum absolute atomic E-state index is 0.0260. The summed E-state index contributed by atoms with van der Waals surface area (Å²) in [5.74, 6) is 6.17. The Morgan fingerprint density at radius 1 is 1.20 bits per heavy atom. The fourth-order valence-corrected chi connectivity index (χ4v) is 4.53. The lowest BCUT2D eigenvalue weighted by atomic mass is 9.90. The van der Waals surface area contributed by atoms with Crippen LogP contribution in [-0.2, 0) is 17.7 Å². The topological polar surface area (TPSA) is 82.6 Å². The Morgan fingerprint density at radius 3 is 2.66 bits per heavy atom. The molecule has 182 valence electrons. The van der Waals surface area contributed by atoms with Crippen LogP contribution in [0.2, 0.25) is 5.02 Å². The molecule has 1 aliphatic heterocycles. The van der Waals surface area contributed by atoms with E-state index in [9.17, 15) is 9.59 Å². The Balaban J connectivity index is 1.69. The van der Waals surface area contributed by atoms with Gasteiger partial charge >= 0.3 is 0 Å². The van der Waals surface area contributed by atoms with Crippen LogP contribution >= 0.6 is 11.6 Å². The maximum atomic E-state index is 13.5. The molecule has 1 fully saturated rings. The predicted octanol–water partition coefficient (Wildman–Crippen LogP) is 4.16. The Morgan fingerprint density at radius 2 is 1.94 bits per heavy atom. The van der Waals surface area contributed by atoms with Crippen LogP contribution in [0.1, 0.15) is 46.3 Å². The number of carbonyl (C=O) groups excluding carboxylic acids is 1. The van der Waals surface area contributed by atoms with E-state index < -0.39 is 0 Å². The number of amides is 1. The van der Waals surface area contributed by atoms with Gasteiger partial charge in [-0.25, -0.2) is 0 Å². The molecule has 1 aliphatic rings. The summed E-state index contributed by atoms with van der Waals surface area (Å²) in [5, 5.41) is 10.2. The van der Waals surface area contributed by atoms with Crippen LogP contribution in [0.25, 0.3) is 10.9 Å². The molecule has 2 heterocycles. The fraction of sp³-hybridized carbons (Fsp3) is 0.357. The number of carbonyl (C=O) groups is 1. The highest BCUT2D eigenvalue weighted by atomic mass is 35.5. The molecule has 1 saturated heterocycles. The number of halogens is 1. The van der Waals surface area contributed by atoms with Crippen molar-refractivity contribution in [2.75, 3.05) is 26.9 Å². The second-order valence-corrected chi connectivity index (χ2v) is 9.36. The third-order valence-corrected chi connectivity index (χ3v) is 6.54. The van der Waals surface area contributed by atoms with E-state index in [1.54, 1.807) is 19.2 Å². The van der Waals surface area contributed by atoms with E-state index in [0.29, 0.717) is 40.4 Å². The summed E-state index contributed by atoms with van der Waals surface area (Å²) in [6.45, 7) is 1.83. The van der Waals surface area contributed by atoms with E-state index in [2.05, 4.69) is 16.8 Å². The number of aromatic nitrogens is 1. The lowest BCUT2D eigenvalue weighted by Crippen LogP contribution is -2.30. The molecule has 0 unspecified atom stereocenters. The van der Waals surface area contributed by atoms with Crippen molar-refractivity contribution in [2.24, 2.45) is 5.92 Å². The zero-order valence-electron chi connectivity index (χ0n) is 19.8. The number of rotatable bonds is 6. The molecule has 35 heavy (non-hydrogen) atoms. The Labute approximate surface area is 209 Å². The van der Waals surface area contributed by atoms with Gasteiger partial charge in [-0.2, -0.15) is 0 Å². The molecular formula is C28H29ClN2O4. The molecule has 0 saturated carbocycles. The Kier molecular flexibility index (Phi) is 8.25. The van der Waals surface area contributed by atoms with Crippen molar-refractivity contribution in [3.05, 3.63) is 80.1 Å². The number of aromatic amines is 1. The molecule has 0 radical (unpaired) electrons. The number of nitrogens with one attached hydrogen (secondary N) is 1. The number of fused-ring (bicyclic) bond motifs is 1.